The van der Waals surface area contributed by atoms with Crippen LogP contribution in [0.15, 0.2) is 88.9 Å². The predicted octanol–water partition coefficient (Wildman–Crippen LogP) is 8.63. The summed E-state index contributed by atoms with van der Waals surface area (Å²) in [7, 11) is 2.95. The highest BCUT2D eigenvalue weighted by Crippen LogP contribution is 2.65. The van der Waals surface area contributed by atoms with Gasteiger partial charge in [-0.2, -0.15) is 5.01 Å². The highest BCUT2D eigenvalue weighted by atomic mass is 79.9. The number of ether oxygens (including phenoxy) is 2. The summed E-state index contributed by atoms with van der Waals surface area (Å²) in [4.78, 5) is 60.5. The van der Waals surface area contributed by atoms with E-state index >= 15 is 9.59 Å². The lowest BCUT2D eigenvalue weighted by molar-refractivity contribution is -0.138. The summed E-state index contributed by atoms with van der Waals surface area (Å²) in [6, 6.07) is 19.9. The standard InChI is InChI=1S/C41H33BrCl3N3O7/c1-19-4-8-23(17-30(19)44)47-37(50)26-12-11-25-27(34(26)39(47)52)18-29-38(51)48(46-32-13-7-22(43)16-31(32)45)40(53)41(29,20-5-9-24(54-2)10-6-20)35(25)28-14-21(42)15-33(55-3)36(28)49/h4-11,13-17,26-27,29,34-35,46,49H,12,18H2,1-3H3. The summed E-state index contributed by atoms with van der Waals surface area (Å²) >= 11 is 22.8. The fourth-order valence-electron chi connectivity index (χ4n) is 9.13. The minimum Gasteiger partial charge on any atom is -0.504 e. The first kappa shape index (κ1) is 37.4. The Morgan fingerprint density at radius 3 is 2.27 bits per heavy atom. The maximum absolute atomic E-state index is 15.5. The summed E-state index contributed by atoms with van der Waals surface area (Å²) in [6.45, 7) is 1.83. The van der Waals surface area contributed by atoms with Crippen molar-refractivity contribution >= 4 is 85.7 Å². The number of hydrazine groups is 1. The molecule has 6 atom stereocenters. The van der Waals surface area contributed by atoms with Crippen LogP contribution in [0.3, 0.4) is 0 Å². The molecular weight excluding hydrogens is 833 g/mol. The smallest absolute Gasteiger partial charge is 0.260 e. The fraction of sp³-hybridized carbons (Fsp3) is 0.268. The number of carbonyl (C=O) groups is 4. The number of fused-ring (bicyclic) bond motifs is 4. The van der Waals surface area contributed by atoms with Gasteiger partial charge >= 0.3 is 0 Å². The van der Waals surface area contributed by atoms with Crippen LogP contribution in [0, 0.1) is 30.6 Å². The number of benzene rings is 4. The first-order valence-electron chi connectivity index (χ1n) is 17.5. The average Bonchev–Trinajstić information content (AvgIpc) is 3.55. The van der Waals surface area contributed by atoms with Crippen LogP contribution in [0.25, 0.3) is 0 Å². The molecule has 55 heavy (non-hydrogen) atoms. The molecule has 6 unspecified atom stereocenters. The molecule has 4 amide bonds. The zero-order valence-corrected chi connectivity index (χ0v) is 33.5. The van der Waals surface area contributed by atoms with Crippen LogP contribution in [-0.4, -0.2) is 48.0 Å². The van der Waals surface area contributed by atoms with Gasteiger partial charge in [0.15, 0.2) is 11.5 Å². The largest absolute Gasteiger partial charge is 0.504 e. The molecule has 1 saturated carbocycles. The molecule has 0 spiro atoms. The molecule has 2 heterocycles. The highest BCUT2D eigenvalue weighted by Gasteiger charge is 2.71. The minimum absolute atomic E-state index is 0.0417. The number of rotatable bonds is 7. The second-order valence-corrected chi connectivity index (χ2v) is 16.4. The Morgan fingerprint density at radius 1 is 0.855 bits per heavy atom. The van der Waals surface area contributed by atoms with Gasteiger partial charge < -0.3 is 14.6 Å². The van der Waals surface area contributed by atoms with Gasteiger partial charge in [0.2, 0.25) is 11.8 Å². The maximum atomic E-state index is 15.5. The number of carbonyl (C=O) groups excluding carboxylic acids is 4. The lowest BCUT2D eigenvalue weighted by atomic mass is 9.49. The summed E-state index contributed by atoms with van der Waals surface area (Å²) in [5, 5.41) is 13.9. The first-order valence-corrected chi connectivity index (χ1v) is 19.4. The Bertz CT molecular complexity index is 2350. The maximum Gasteiger partial charge on any atom is 0.260 e. The third-order valence-electron chi connectivity index (χ3n) is 11.6. The molecule has 0 bridgehead atoms. The van der Waals surface area contributed by atoms with Gasteiger partial charge in [0.1, 0.15) is 5.75 Å². The fourth-order valence-corrected chi connectivity index (χ4v) is 10.2. The molecule has 14 heteroatoms. The van der Waals surface area contributed by atoms with Crippen molar-refractivity contribution in [2.75, 3.05) is 24.5 Å². The lowest BCUT2D eigenvalue weighted by Gasteiger charge is -2.50. The number of allylic oxidation sites excluding steroid dienone is 2. The van der Waals surface area contributed by atoms with Crippen molar-refractivity contribution in [1.82, 2.24) is 5.01 Å². The van der Waals surface area contributed by atoms with Crippen LogP contribution in [0.5, 0.6) is 17.2 Å². The van der Waals surface area contributed by atoms with Gasteiger partial charge in [0, 0.05) is 26.0 Å². The van der Waals surface area contributed by atoms with Crippen molar-refractivity contribution in [3.8, 4) is 17.2 Å². The van der Waals surface area contributed by atoms with Crippen LogP contribution in [0.2, 0.25) is 15.1 Å². The number of aryl methyl sites for hydroxylation is 1. The summed E-state index contributed by atoms with van der Waals surface area (Å²) in [5.41, 5.74) is 4.15. The monoisotopic (exact) mass is 863 g/mol. The molecule has 4 aromatic carbocycles. The van der Waals surface area contributed by atoms with E-state index in [1.54, 1.807) is 66.7 Å². The van der Waals surface area contributed by atoms with Crippen molar-refractivity contribution in [2.45, 2.75) is 31.1 Å². The Kier molecular flexibility index (Phi) is 9.43. The van der Waals surface area contributed by atoms with Gasteiger partial charge in [0.05, 0.1) is 53.8 Å². The SMILES string of the molecule is COc1ccc(C23C(=O)N(Nc4ccc(Cl)cc4Cl)C(=O)C2CC2C(=CCC4C(=O)N(c5ccc(C)c(Cl)c5)C(=O)C42)C3c2cc(Br)cc(OC)c2O)cc1. The summed E-state index contributed by atoms with van der Waals surface area (Å²) in [5.74, 6) is -5.91. The highest BCUT2D eigenvalue weighted by molar-refractivity contribution is 9.10. The van der Waals surface area contributed by atoms with Gasteiger partial charge in [-0.3, -0.25) is 24.6 Å². The van der Waals surface area contributed by atoms with E-state index < -0.39 is 52.7 Å². The zero-order chi connectivity index (χ0) is 39.1. The van der Waals surface area contributed by atoms with Crippen LogP contribution < -0.4 is 19.8 Å². The number of phenolic OH excluding ortho intramolecular Hbond substituents is 1. The number of phenols is 1. The number of imide groups is 2. The zero-order valence-electron chi connectivity index (χ0n) is 29.6. The molecular formula is C41H33BrCl3N3O7. The van der Waals surface area contributed by atoms with Gasteiger partial charge in [-0.1, -0.05) is 80.6 Å². The van der Waals surface area contributed by atoms with Crippen molar-refractivity contribution < 1.29 is 33.8 Å². The molecule has 4 aromatic rings. The van der Waals surface area contributed by atoms with E-state index in [2.05, 4.69) is 21.4 Å². The molecule has 2 aliphatic carbocycles. The molecule has 10 nitrogen and oxygen atoms in total. The molecule has 0 radical (unpaired) electrons. The first-order chi connectivity index (χ1) is 26.3. The van der Waals surface area contributed by atoms with E-state index in [-0.39, 0.29) is 41.0 Å². The molecule has 4 aliphatic rings. The summed E-state index contributed by atoms with van der Waals surface area (Å²) in [6.07, 6.45) is 2.14. The molecule has 8 rings (SSSR count). The topological polar surface area (TPSA) is 125 Å². The van der Waals surface area contributed by atoms with Crippen molar-refractivity contribution in [3.63, 3.8) is 0 Å². The number of halogens is 4. The Labute approximate surface area is 340 Å². The Hall–Kier alpha value is -4.55. The molecule has 282 valence electrons. The van der Waals surface area contributed by atoms with Gasteiger partial charge in [-0.25, -0.2) is 4.90 Å². The normalized spacial score (nSPS) is 25.7. The number of methoxy groups -OCH3 is 2. The number of nitrogens with zero attached hydrogens (tertiary/aromatic N) is 2. The number of nitrogens with one attached hydrogen (secondary N) is 1. The van der Waals surface area contributed by atoms with Gasteiger partial charge in [-0.05, 0) is 91.4 Å². The third-order valence-corrected chi connectivity index (χ3v) is 13.0. The Morgan fingerprint density at radius 2 is 1.60 bits per heavy atom. The molecule has 0 aromatic heterocycles. The minimum atomic E-state index is -1.68. The van der Waals surface area contributed by atoms with Gasteiger partial charge in [0.25, 0.3) is 11.8 Å². The van der Waals surface area contributed by atoms with E-state index in [4.69, 9.17) is 44.3 Å². The van der Waals surface area contributed by atoms with Gasteiger partial charge in [-0.15, -0.1) is 0 Å². The van der Waals surface area contributed by atoms with Crippen LogP contribution >= 0.6 is 50.7 Å². The second-order valence-electron chi connectivity index (χ2n) is 14.2. The molecule has 2 saturated heterocycles. The number of hydrogen-bond donors (Lipinski definition) is 2. The number of amides is 4. The van der Waals surface area contributed by atoms with E-state index in [1.165, 1.54) is 25.2 Å². The van der Waals surface area contributed by atoms with Crippen molar-refractivity contribution in [3.05, 3.63) is 121 Å². The quantitative estimate of drug-likeness (QED) is 0.140. The average molecular weight is 866 g/mol. The van der Waals surface area contributed by atoms with Crippen molar-refractivity contribution in [2.24, 2.45) is 23.7 Å². The van der Waals surface area contributed by atoms with Crippen LogP contribution in [-0.2, 0) is 24.6 Å². The van der Waals surface area contributed by atoms with E-state index in [0.29, 0.717) is 42.7 Å². The number of aromatic hydroxyl groups is 1. The van der Waals surface area contributed by atoms with Crippen LogP contribution in [0.1, 0.15) is 35.4 Å². The van der Waals surface area contributed by atoms with E-state index in [9.17, 15) is 14.7 Å². The van der Waals surface area contributed by atoms with E-state index in [1.807, 2.05) is 13.0 Å². The van der Waals surface area contributed by atoms with Crippen molar-refractivity contribution in [1.29, 1.82) is 0 Å². The number of anilines is 2. The molecule has 2 aliphatic heterocycles. The third kappa shape index (κ3) is 5.64. The summed E-state index contributed by atoms with van der Waals surface area (Å²) < 4.78 is 11.6. The number of hydrogen-bond acceptors (Lipinski definition) is 8. The van der Waals surface area contributed by atoms with E-state index in [0.717, 1.165) is 10.6 Å². The Balaban J connectivity index is 1.36. The predicted molar refractivity (Wildman–Crippen MR) is 212 cm³/mol. The molecule has 3 fully saturated rings. The van der Waals surface area contributed by atoms with Crippen LogP contribution in [0.4, 0.5) is 11.4 Å². The molecule has 2 N–H and O–H groups in total. The second kappa shape index (κ2) is 13.9. The lowest BCUT2D eigenvalue weighted by Crippen LogP contribution is -2.53.